The van der Waals surface area contributed by atoms with Gasteiger partial charge in [0.05, 0.1) is 46.7 Å². The summed E-state index contributed by atoms with van der Waals surface area (Å²) in [6.45, 7) is -0.543. The predicted molar refractivity (Wildman–Crippen MR) is 93.1 cm³/mol. The minimum Gasteiger partial charge on any atom is -0.496 e. The van der Waals surface area contributed by atoms with Crippen LogP contribution >= 0.6 is 0 Å². The molecule has 0 aliphatic heterocycles. The van der Waals surface area contributed by atoms with Gasteiger partial charge in [-0.2, -0.15) is 0 Å². The Hall–Kier alpha value is -2.28. The fourth-order valence-corrected chi connectivity index (χ4v) is 2.96. The largest absolute Gasteiger partial charge is 0.496 e. The van der Waals surface area contributed by atoms with Crippen molar-refractivity contribution >= 4 is 0 Å². The molecule has 0 aliphatic rings. The molecule has 0 radical (unpaired) electrons. The lowest BCUT2D eigenvalue weighted by atomic mass is 9.97. The number of hydrogen-bond donors (Lipinski definition) is 3. The molecule has 2 aromatic rings. The van der Waals surface area contributed by atoms with Gasteiger partial charge < -0.3 is 29.5 Å². The van der Waals surface area contributed by atoms with Crippen LogP contribution in [0.5, 0.6) is 17.2 Å². The topological polar surface area (TPSA) is 88.4 Å². The van der Waals surface area contributed by atoms with E-state index in [0.29, 0.717) is 40.4 Å². The normalized spacial score (nSPS) is 10.6. The van der Waals surface area contributed by atoms with Gasteiger partial charge in [-0.15, -0.1) is 0 Å². The van der Waals surface area contributed by atoms with Crippen molar-refractivity contribution in [3.63, 3.8) is 0 Å². The molecule has 0 fully saturated rings. The Kier molecular flexibility index (Phi) is 6.64. The third kappa shape index (κ3) is 4.04. The van der Waals surface area contributed by atoms with E-state index in [4.69, 9.17) is 14.2 Å². The maximum absolute atomic E-state index is 9.56. The molecular formula is C19H24O6. The average molecular weight is 348 g/mol. The number of aliphatic hydroxyl groups excluding tert-OH is 3. The fraction of sp³-hybridized carbons (Fsp3) is 0.368. The Labute approximate surface area is 147 Å². The summed E-state index contributed by atoms with van der Waals surface area (Å²) < 4.78 is 16.0. The van der Waals surface area contributed by atoms with E-state index in [1.54, 1.807) is 14.2 Å². The van der Waals surface area contributed by atoms with Crippen LogP contribution in [0.1, 0.15) is 27.8 Å². The second kappa shape index (κ2) is 8.71. The highest BCUT2D eigenvalue weighted by atomic mass is 16.5. The van der Waals surface area contributed by atoms with Gasteiger partial charge in [-0.05, 0) is 41.8 Å². The number of hydrogen-bond acceptors (Lipinski definition) is 6. The maximum Gasteiger partial charge on any atom is 0.129 e. The van der Waals surface area contributed by atoms with E-state index in [0.717, 1.165) is 11.1 Å². The van der Waals surface area contributed by atoms with E-state index in [2.05, 4.69) is 0 Å². The van der Waals surface area contributed by atoms with Crippen molar-refractivity contribution in [2.24, 2.45) is 0 Å². The van der Waals surface area contributed by atoms with Crippen molar-refractivity contribution in [2.45, 2.75) is 26.2 Å². The molecule has 0 atom stereocenters. The van der Waals surface area contributed by atoms with Gasteiger partial charge in [-0.25, -0.2) is 0 Å². The Morgan fingerprint density at radius 3 is 1.52 bits per heavy atom. The number of benzene rings is 2. The molecule has 3 N–H and O–H groups in total. The zero-order chi connectivity index (χ0) is 18.4. The SMILES string of the molecule is COc1cc(Cc2cc(CO)c(OC)c(CO)c2)cc(OC)c1CO. The van der Waals surface area contributed by atoms with Crippen LogP contribution in [0.2, 0.25) is 0 Å². The van der Waals surface area contributed by atoms with Crippen LogP contribution in [0.15, 0.2) is 24.3 Å². The summed E-state index contributed by atoms with van der Waals surface area (Å²) in [4.78, 5) is 0. The van der Waals surface area contributed by atoms with Crippen LogP contribution in [0.3, 0.4) is 0 Å². The molecular weight excluding hydrogens is 324 g/mol. The molecule has 0 heterocycles. The quantitative estimate of drug-likeness (QED) is 0.674. The number of ether oxygens (including phenoxy) is 3. The van der Waals surface area contributed by atoms with Crippen molar-refractivity contribution in [3.8, 4) is 17.2 Å². The van der Waals surface area contributed by atoms with E-state index in [1.807, 2.05) is 24.3 Å². The minimum absolute atomic E-state index is 0.180. The van der Waals surface area contributed by atoms with Gasteiger partial charge in [0.15, 0.2) is 0 Å². The summed E-state index contributed by atoms with van der Waals surface area (Å²) in [6, 6.07) is 7.37. The number of aliphatic hydroxyl groups is 3. The lowest BCUT2D eigenvalue weighted by Gasteiger charge is -2.16. The first-order valence-electron chi connectivity index (χ1n) is 7.86. The second-order valence-corrected chi connectivity index (χ2v) is 5.58. The Balaban J connectivity index is 2.45. The van der Waals surface area contributed by atoms with E-state index >= 15 is 0 Å². The summed E-state index contributed by atoms with van der Waals surface area (Å²) in [5.74, 6) is 1.60. The molecule has 0 spiro atoms. The summed E-state index contributed by atoms with van der Waals surface area (Å²) in [7, 11) is 4.59. The first kappa shape index (κ1) is 19.1. The second-order valence-electron chi connectivity index (χ2n) is 5.58. The van der Waals surface area contributed by atoms with Crippen LogP contribution in [0.4, 0.5) is 0 Å². The Morgan fingerprint density at radius 2 is 1.16 bits per heavy atom. The lowest BCUT2D eigenvalue weighted by molar-refractivity contribution is 0.260. The van der Waals surface area contributed by atoms with E-state index < -0.39 is 0 Å². The fourth-order valence-electron chi connectivity index (χ4n) is 2.96. The summed E-state index contributed by atoms with van der Waals surface area (Å²) in [5.41, 5.74) is 3.67. The molecule has 0 saturated heterocycles. The zero-order valence-corrected chi connectivity index (χ0v) is 14.7. The van der Waals surface area contributed by atoms with Crippen LogP contribution in [0, 0.1) is 0 Å². The number of rotatable bonds is 8. The van der Waals surface area contributed by atoms with Crippen LogP contribution in [-0.4, -0.2) is 36.6 Å². The molecule has 0 aromatic heterocycles. The van der Waals surface area contributed by atoms with E-state index in [9.17, 15) is 15.3 Å². The van der Waals surface area contributed by atoms with Gasteiger partial charge in [-0.1, -0.05) is 0 Å². The molecule has 0 saturated carbocycles. The summed E-state index contributed by atoms with van der Waals surface area (Å²) >= 11 is 0. The Morgan fingerprint density at radius 1 is 0.680 bits per heavy atom. The molecule has 0 aliphatic carbocycles. The molecule has 2 aromatic carbocycles. The van der Waals surface area contributed by atoms with Crippen molar-refractivity contribution in [2.75, 3.05) is 21.3 Å². The third-order valence-corrected chi connectivity index (χ3v) is 4.08. The van der Waals surface area contributed by atoms with Crippen molar-refractivity contribution < 1.29 is 29.5 Å². The van der Waals surface area contributed by atoms with Crippen molar-refractivity contribution in [3.05, 3.63) is 52.1 Å². The highest BCUT2D eigenvalue weighted by molar-refractivity contribution is 5.50. The molecule has 0 unspecified atom stereocenters. The predicted octanol–water partition coefficient (Wildman–Crippen LogP) is 1.78. The van der Waals surface area contributed by atoms with Crippen molar-refractivity contribution in [1.29, 1.82) is 0 Å². The molecule has 6 nitrogen and oxygen atoms in total. The molecule has 25 heavy (non-hydrogen) atoms. The molecule has 136 valence electrons. The van der Waals surface area contributed by atoms with Crippen LogP contribution < -0.4 is 14.2 Å². The molecule has 2 rings (SSSR count). The first-order chi connectivity index (χ1) is 12.1. The van der Waals surface area contributed by atoms with Gasteiger partial charge in [0.2, 0.25) is 0 Å². The molecule has 0 amide bonds. The van der Waals surface area contributed by atoms with Gasteiger partial charge in [0.25, 0.3) is 0 Å². The maximum atomic E-state index is 9.56. The van der Waals surface area contributed by atoms with E-state index in [1.165, 1.54) is 7.11 Å². The lowest BCUT2D eigenvalue weighted by Crippen LogP contribution is -2.02. The average Bonchev–Trinajstić information content (AvgIpc) is 2.65. The highest BCUT2D eigenvalue weighted by Crippen LogP contribution is 2.33. The summed E-state index contributed by atoms with van der Waals surface area (Å²) in [6.07, 6.45) is 0.544. The van der Waals surface area contributed by atoms with Crippen LogP contribution in [0.25, 0.3) is 0 Å². The standard InChI is InChI=1S/C19H24O6/c1-23-17-7-13(8-18(24-2)16(17)11-22)4-12-5-14(9-20)19(25-3)15(6-12)10-21/h5-8,20-22H,4,9-11H2,1-3H3. The third-order valence-electron chi connectivity index (χ3n) is 4.08. The number of methoxy groups -OCH3 is 3. The monoisotopic (exact) mass is 348 g/mol. The highest BCUT2D eigenvalue weighted by Gasteiger charge is 2.14. The van der Waals surface area contributed by atoms with Gasteiger partial charge in [0.1, 0.15) is 17.2 Å². The smallest absolute Gasteiger partial charge is 0.129 e. The Bertz CT molecular complexity index is 614. The molecule has 0 bridgehead atoms. The van der Waals surface area contributed by atoms with Gasteiger partial charge in [-0.3, -0.25) is 0 Å². The van der Waals surface area contributed by atoms with E-state index in [-0.39, 0.29) is 19.8 Å². The van der Waals surface area contributed by atoms with Crippen molar-refractivity contribution in [1.82, 2.24) is 0 Å². The zero-order valence-electron chi connectivity index (χ0n) is 14.7. The molecule has 6 heteroatoms. The van der Waals surface area contributed by atoms with Crippen LogP contribution in [-0.2, 0) is 26.2 Å². The summed E-state index contributed by atoms with van der Waals surface area (Å²) in [5, 5.41) is 28.6. The minimum atomic E-state index is -0.182. The first-order valence-corrected chi connectivity index (χ1v) is 7.86. The van der Waals surface area contributed by atoms with Gasteiger partial charge >= 0.3 is 0 Å². The van der Waals surface area contributed by atoms with Gasteiger partial charge in [0, 0.05) is 11.1 Å².